The van der Waals surface area contributed by atoms with Crippen LogP contribution in [0.2, 0.25) is 0 Å². The quantitative estimate of drug-likeness (QED) is 0.771. The van der Waals surface area contributed by atoms with E-state index in [0.29, 0.717) is 24.3 Å². The fraction of sp³-hybridized carbons (Fsp3) is 0.520. The number of nitrogens with one attached hydrogen (secondary N) is 1. The zero-order valence-electron chi connectivity index (χ0n) is 17.7. The molecule has 0 radical (unpaired) electrons. The maximum absolute atomic E-state index is 13.3. The van der Waals surface area contributed by atoms with Crippen molar-refractivity contribution in [1.82, 2.24) is 10.2 Å². The Kier molecular flexibility index (Phi) is 4.97. The lowest BCUT2D eigenvalue weighted by Crippen LogP contribution is -2.54. The smallest absolute Gasteiger partial charge is 0.228 e. The molecule has 1 spiro atoms. The summed E-state index contributed by atoms with van der Waals surface area (Å²) in [6, 6.07) is 12.6. The summed E-state index contributed by atoms with van der Waals surface area (Å²) in [5.74, 6) is 0.578. The lowest BCUT2D eigenvalue weighted by molar-refractivity contribution is -0.143. The number of carbonyl (C=O) groups is 2. The van der Waals surface area contributed by atoms with Crippen molar-refractivity contribution in [3.05, 3.63) is 47.3 Å². The van der Waals surface area contributed by atoms with E-state index in [0.717, 1.165) is 25.8 Å². The third kappa shape index (κ3) is 3.27. The van der Waals surface area contributed by atoms with Crippen LogP contribution in [0.4, 0.5) is 0 Å². The van der Waals surface area contributed by atoms with E-state index >= 15 is 0 Å². The van der Waals surface area contributed by atoms with E-state index in [1.807, 2.05) is 4.90 Å². The van der Waals surface area contributed by atoms with E-state index < -0.39 is 5.41 Å². The van der Waals surface area contributed by atoms with Gasteiger partial charge in [0.2, 0.25) is 11.8 Å². The van der Waals surface area contributed by atoms with E-state index in [2.05, 4.69) is 47.1 Å². The van der Waals surface area contributed by atoms with Crippen molar-refractivity contribution in [2.75, 3.05) is 20.1 Å². The van der Waals surface area contributed by atoms with Crippen molar-refractivity contribution >= 4 is 23.2 Å². The van der Waals surface area contributed by atoms with Crippen LogP contribution < -0.4 is 5.32 Å². The van der Waals surface area contributed by atoms with Crippen LogP contribution in [0.3, 0.4) is 0 Å². The summed E-state index contributed by atoms with van der Waals surface area (Å²) >= 11 is 1.73. The van der Waals surface area contributed by atoms with Gasteiger partial charge < -0.3 is 10.2 Å². The molecule has 1 aromatic carbocycles. The minimum atomic E-state index is -0.558. The number of piperidine rings is 1. The average Bonchev–Trinajstić information content (AvgIpc) is 3.31. The number of hydrogen-bond donors (Lipinski definition) is 1. The molecule has 1 aliphatic heterocycles. The summed E-state index contributed by atoms with van der Waals surface area (Å²) in [6.45, 7) is 1.33. The Labute approximate surface area is 182 Å². The van der Waals surface area contributed by atoms with E-state index in [9.17, 15) is 9.59 Å². The largest absolute Gasteiger partial charge is 0.359 e. The molecule has 5 heteroatoms. The molecule has 30 heavy (non-hydrogen) atoms. The van der Waals surface area contributed by atoms with Crippen molar-refractivity contribution in [2.45, 2.75) is 44.9 Å². The Hall–Kier alpha value is -2.14. The van der Waals surface area contributed by atoms with Crippen LogP contribution in [0.15, 0.2) is 41.8 Å². The molecule has 3 fully saturated rings. The van der Waals surface area contributed by atoms with Gasteiger partial charge in [-0.1, -0.05) is 36.8 Å². The molecule has 2 amide bonds. The molecule has 2 aliphatic carbocycles. The molecule has 1 N–H and O–H groups in total. The van der Waals surface area contributed by atoms with Crippen LogP contribution in [0.5, 0.6) is 0 Å². The highest BCUT2D eigenvalue weighted by molar-refractivity contribution is 7.13. The highest BCUT2D eigenvalue weighted by Gasteiger charge is 2.62. The molecule has 0 bridgehead atoms. The van der Waals surface area contributed by atoms with Crippen LogP contribution in [0, 0.1) is 16.7 Å². The van der Waals surface area contributed by atoms with Gasteiger partial charge in [-0.25, -0.2) is 0 Å². The third-order valence-corrected chi connectivity index (χ3v) is 8.67. The molecular weight excluding hydrogens is 392 g/mol. The maximum Gasteiger partial charge on any atom is 0.228 e. The Balaban J connectivity index is 1.42. The minimum absolute atomic E-state index is 0.0649. The summed E-state index contributed by atoms with van der Waals surface area (Å²) in [7, 11) is 1.72. The Morgan fingerprint density at radius 1 is 1.13 bits per heavy atom. The predicted molar refractivity (Wildman–Crippen MR) is 120 cm³/mol. The standard InChI is InChI=1S/C25H30N2O2S/c1-26-23(29)25(15-18-7-2-3-8-19(18)21-9-4-14-30-21)12-6-13-27(17-25)22(28)20-16-24(20)10-5-11-24/h2-4,7-9,14,20H,5-6,10-13,15-17H2,1H3,(H,26,29)/t20-,25-/m1/s1. The van der Waals surface area contributed by atoms with Gasteiger partial charge in [-0.05, 0) is 66.5 Å². The Bertz CT molecular complexity index is 950. The van der Waals surface area contributed by atoms with Crippen LogP contribution in [0.1, 0.15) is 44.1 Å². The lowest BCUT2D eigenvalue weighted by Gasteiger charge is -2.42. The van der Waals surface area contributed by atoms with Crippen molar-refractivity contribution in [3.8, 4) is 10.4 Å². The maximum atomic E-state index is 13.3. The molecule has 4 nitrogen and oxygen atoms in total. The predicted octanol–water partition coefficient (Wildman–Crippen LogP) is 4.50. The van der Waals surface area contributed by atoms with Gasteiger partial charge in [0.1, 0.15) is 0 Å². The molecule has 0 unspecified atom stereocenters. The Morgan fingerprint density at radius 2 is 1.97 bits per heavy atom. The first kappa shape index (κ1) is 19.8. The summed E-state index contributed by atoms with van der Waals surface area (Å²) in [5.41, 5.74) is 2.17. The normalized spacial score (nSPS) is 26.8. The van der Waals surface area contributed by atoms with Crippen molar-refractivity contribution in [3.63, 3.8) is 0 Å². The molecule has 1 aromatic heterocycles. The summed E-state index contributed by atoms with van der Waals surface area (Å²) in [4.78, 5) is 29.7. The number of benzene rings is 1. The summed E-state index contributed by atoms with van der Waals surface area (Å²) in [6.07, 6.45) is 7.14. The van der Waals surface area contributed by atoms with E-state index in [-0.39, 0.29) is 11.8 Å². The zero-order valence-corrected chi connectivity index (χ0v) is 18.5. The molecule has 5 rings (SSSR count). The van der Waals surface area contributed by atoms with E-state index in [1.165, 1.54) is 35.3 Å². The van der Waals surface area contributed by atoms with Gasteiger partial charge in [0, 0.05) is 30.9 Å². The SMILES string of the molecule is CNC(=O)[C@@]1(Cc2ccccc2-c2cccs2)CCCN(C(=O)[C@H]2CC23CCC3)C1. The second-order valence-corrected chi connectivity index (χ2v) is 10.5. The number of carbonyl (C=O) groups excluding carboxylic acids is 2. The first-order chi connectivity index (χ1) is 14.6. The third-order valence-electron chi connectivity index (χ3n) is 7.77. The highest BCUT2D eigenvalue weighted by Crippen LogP contribution is 2.66. The molecule has 2 atom stereocenters. The summed E-state index contributed by atoms with van der Waals surface area (Å²) in [5, 5.41) is 5.01. The van der Waals surface area contributed by atoms with Crippen molar-refractivity contribution in [2.24, 2.45) is 16.7 Å². The molecule has 2 heterocycles. The van der Waals surface area contributed by atoms with Gasteiger partial charge in [-0.15, -0.1) is 11.3 Å². The fourth-order valence-corrected chi connectivity index (χ4v) is 6.59. The number of hydrogen-bond acceptors (Lipinski definition) is 3. The van der Waals surface area contributed by atoms with Gasteiger partial charge in [-0.3, -0.25) is 9.59 Å². The highest BCUT2D eigenvalue weighted by atomic mass is 32.1. The van der Waals surface area contributed by atoms with Crippen molar-refractivity contribution < 1.29 is 9.59 Å². The van der Waals surface area contributed by atoms with Gasteiger partial charge in [0.15, 0.2) is 0 Å². The van der Waals surface area contributed by atoms with Gasteiger partial charge in [0.25, 0.3) is 0 Å². The number of thiophene rings is 1. The number of amides is 2. The molecule has 3 aliphatic rings. The van der Waals surface area contributed by atoms with Gasteiger partial charge >= 0.3 is 0 Å². The monoisotopic (exact) mass is 422 g/mol. The fourth-order valence-electron chi connectivity index (χ4n) is 5.81. The van der Waals surface area contributed by atoms with E-state index in [4.69, 9.17) is 0 Å². The van der Waals surface area contributed by atoms with Crippen LogP contribution in [0.25, 0.3) is 10.4 Å². The summed E-state index contributed by atoms with van der Waals surface area (Å²) < 4.78 is 0. The van der Waals surface area contributed by atoms with E-state index in [1.54, 1.807) is 18.4 Å². The zero-order chi connectivity index (χ0) is 20.8. The van der Waals surface area contributed by atoms with Crippen molar-refractivity contribution in [1.29, 1.82) is 0 Å². The topological polar surface area (TPSA) is 49.4 Å². The number of rotatable bonds is 5. The first-order valence-corrected chi connectivity index (χ1v) is 12.1. The minimum Gasteiger partial charge on any atom is -0.359 e. The number of likely N-dealkylation sites (tertiary alicyclic amines) is 1. The van der Waals surface area contributed by atoms with Crippen LogP contribution in [-0.4, -0.2) is 36.9 Å². The van der Waals surface area contributed by atoms with Gasteiger partial charge in [0.05, 0.1) is 5.41 Å². The van der Waals surface area contributed by atoms with Crippen LogP contribution >= 0.6 is 11.3 Å². The second-order valence-electron chi connectivity index (χ2n) is 9.51. The lowest BCUT2D eigenvalue weighted by atomic mass is 9.73. The number of nitrogens with zero attached hydrogens (tertiary/aromatic N) is 1. The van der Waals surface area contributed by atoms with Crippen LogP contribution in [-0.2, 0) is 16.0 Å². The molecule has 2 saturated carbocycles. The average molecular weight is 423 g/mol. The molecule has 2 aromatic rings. The first-order valence-electron chi connectivity index (χ1n) is 11.2. The van der Waals surface area contributed by atoms with Gasteiger partial charge in [-0.2, -0.15) is 0 Å². The Morgan fingerprint density at radius 3 is 2.63 bits per heavy atom. The molecule has 158 valence electrons. The molecular formula is C25H30N2O2S. The molecule has 1 saturated heterocycles. The second kappa shape index (κ2) is 7.52.